The number of pyridine rings is 1. The molecule has 0 spiro atoms. The van der Waals surface area contributed by atoms with Crippen LogP contribution in [0.2, 0.25) is 0 Å². The maximum absolute atomic E-state index is 13.0. The van der Waals surface area contributed by atoms with E-state index in [0.717, 1.165) is 12.0 Å². The van der Waals surface area contributed by atoms with Gasteiger partial charge in [0.25, 0.3) is 5.91 Å². The lowest BCUT2D eigenvalue weighted by Crippen LogP contribution is -2.36. The fraction of sp³-hybridized carbons (Fsp3) is 0.263. The van der Waals surface area contributed by atoms with Crippen molar-refractivity contribution < 1.29 is 14.3 Å². The molecule has 0 aliphatic carbocycles. The molecule has 3 aromatic rings. The van der Waals surface area contributed by atoms with Gasteiger partial charge in [-0.05, 0) is 41.8 Å². The molecule has 1 aliphatic rings. The predicted molar refractivity (Wildman–Crippen MR) is 97.1 cm³/mol. The Bertz CT molecular complexity index is 971. The Morgan fingerprint density at radius 3 is 2.44 bits per heavy atom. The molecule has 0 unspecified atom stereocenters. The molecular formula is C19H19N5O3. The highest BCUT2D eigenvalue weighted by Crippen LogP contribution is 2.33. The van der Waals surface area contributed by atoms with E-state index in [9.17, 15) is 4.79 Å². The van der Waals surface area contributed by atoms with Crippen molar-refractivity contribution in [2.24, 2.45) is 0 Å². The fourth-order valence-electron chi connectivity index (χ4n) is 3.25. The summed E-state index contributed by atoms with van der Waals surface area (Å²) >= 11 is 0. The van der Waals surface area contributed by atoms with Gasteiger partial charge in [-0.1, -0.05) is 0 Å². The molecule has 1 aliphatic heterocycles. The monoisotopic (exact) mass is 365 g/mol. The van der Waals surface area contributed by atoms with Gasteiger partial charge in [-0.2, -0.15) is 0 Å². The van der Waals surface area contributed by atoms with Crippen molar-refractivity contribution in [1.82, 2.24) is 24.6 Å². The maximum atomic E-state index is 13.0. The summed E-state index contributed by atoms with van der Waals surface area (Å²) in [5, 5.41) is 7.55. The highest BCUT2D eigenvalue weighted by atomic mass is 16.5. The number of amides is 1. The minimum Gasteiger partial charge on any atom is -0.493 e. The first-order valence-corrected chi connectivity index (χ1v) is 8.53. The largest absolute Gasteiger partial charge is 0.493 e. The summed E-state index contributed by atoms with van der Waals surface area (Å²) in [5.74, 6) is 1.95. The molecule has 27 heavy (non-hydrogen) atoms. The molecule has 1 aromatic carbocycles. The molecule has 0 atom stereocenters. The van der Waals surface area contributed by atoms with E-state index in [1.807, 2.05) is 17.0 Å². The quantitative estimate of drug-likeness (QED) is 0.702. The summed E-state index contributed by atoms with van der Waals surface area (Å²) in [5.41, 5.74) is 2.83. The smallest absolute Gasteiger partial charge is 0.254 e. The summed E-state index contributed by atoms with van der Waals surface area (Å²) in [6, 6.07) is 7.41. The van der Waals surface area contributed by atoms with Crippen LogP contribution < -0.4 is 9.47 Å². The first-order chi connectivity index (χ1) is 13.2. The topological polar surface area (TPSA) is 82.4 Å². The number of methoxy groups -OCH3 is 2. The van der Waals surface area contributed by atoms with Crippen LogP contribution in [0.5, 0.6) is 11.5 Å². The van der Waals surface area contributed by atoms with Crippen molar-refractivity contribution >= 4 is 5.91 Å². The molecule has 0 saturated carbocycles. The standard InChI is InChI=1S/C19H19N5O3/c1-26-16-7-13-4-6-23(10-15(13)8-17(16)27-2)19(25)14-3-5-20-18(9-14)24-11-21-22-12-24/h3,5,7-9,11-12H,4,6,10H2,1-2H3. The molecule has 3 heterocycles. The van der Waals surface area contributed by atoms with Gasteiger partial charge >= 0.3 is 0 Å². The number of fused-ring (bicyclic) bond motifs is 1. The Kier molecular flexibility index (Phi) is 4.45. The number of carbonyl (C=O) groups is 1. The lowest BCUT2D eigenvalue weighted by atomic mass is 9.98. The van der Waals surface area contributed by atoms with Crippen molar-refractivity contribution in [1.29, 1.82) is 0 Å². The molecule has 138 valence electrons. The van der Waals surface area contributed by atoms with Crippen molar-refractivity contribution in [3.05, 3.63) is 59.8 Å². The third-order valence-electron chi connectivity index (χ3n) is 4.68. The van der Waals surface area contributed by atoms with Gasteiger partial charge in [0, 0.05) is 24.8 Å². The number of ether oxygens (including phenoxy) is 2. The number of benzene rings is 1. The molecule has 0 bridgehead atoms. The number of nitrogens with zero attached hydrogens (tertiary/aromatic N) is 5. The van der Waals surface area contributed by atoms with Gasteiger partial charge in [0.05, 0.1) is 14.2 Å². The van der Waals surface area contributed by atoms with Crippen LogP contribution in [0, 0.1) is 0 Å². The number of rotatable bonds is 4. The number of carbonyl (C=O) groups excluding carboxylic acids is 1. The first-order valence-electron chi connectivity index (χ1n) is 8.53. The lowest BCUT2D eigenvalue weighted by molar-refractivity contribution is 0.0734. The summed E-state index contributed by atoms with van der Waals surface area (Å²) in [7, 11) is 3.24. The molecule has 1 amide bonds. The average molecular weight is 365 g/mol. The normalized spacial score (nSPS) is 13.2. The Labute approximate surface area is 156 Å². The van der Waals surface area contributed by atoms with E-state index in [0.29, 0.717) is 36.0 Å². The molecule has 0 radical (unpaired) electrons. The van der Waals surface area contributed by atoms with E-state index in [4.69, 9.17) is 9.47 Å². The molecule has 8 nitrogen and oxygen atoms in total. The molecule has 4 rings (SSSR count). The van der Waals surface area contributed by atoms with E-state index in [1.54, 1.807) is 49.8 Å². The number of hydrogen-bond acceptors (Lipinski definition) is 6. The second kappa shape index (κ2) is 7.06. The Hall–Kier alpha value is -3.42. The predicted octanol–water partition coefficient (Wildman–Crippen LogP) is 1.88. The third kappa shape index (κ3) is 3.21. The Morgan fingerprint density at radius 1 is 1.04 bits per heavy atom. The van der Waals surface area contributed by atoms with Gasteiger partial charge < -0.3 is 14.4 Å². The lowest BCUT2D eigenvalue weighted by Gasteiger charge is -2.29. The van der Waals surface area contributed by atoms with Crippen LogP contribution in [0.15, 0.2) is 43.1 Å². The van der Waals surface area contributed by atoms with Gasteiger partial charge in [0.15, 0.2) is 11.5 Å². The molecule has 2 aromatic heterocycles. The van der Waals surface area contributed by atoms with Crippen molar-refractivity contribution in [2.75, 3.05) is 20.8 Å². The molecule has 0 saturated heterocycles. The summed E-state index contributed by atoms with van der Waals surface area (Å²) < 4.78 is 12.4. The van der Waals surface area contributed by atoms with E-state index >= 15 is 0 Å². The van der Waals surface area contributed by atoms with E-state index in [2.05, 4.69) is 15.2 Å². The van der Waals surface area contributed by atoms with Gasteiger partial charge in [-0.25, -0.2) is 4.98 Å². The van der Waals surface area contributed by atoms with Crippen LogP contribution >= 0.6 is 0 Å². The van der Waals surface area contributed by atoms with Crippen LogP contribution in [0.25, 0.3) is 5.82 Å². The fourth-order valence-corrected chi connectivity index (χ4v) is 3.25. The SMILES string of the molecule is COc1cc2c(cc1OC)CN(C(=O)c1ccnc(-n3cnnc3)c1)CC2. The molecule has 0 fully saturated rings. The summed E-state index contributed by atoms with van der Waals surface area (Å²) in [6.07, 6.45) is 5.49. The Morgan fingerprint density at radius 2 is 1.74 bits per heavy atom. The van der Waals surface area contributed by atoms with Gasteiger partial charge in [-0.3, -0.25) is 9.36 Å². The molecule has 8 heteroatoms. The van der Waals surface area contributed by atoms with Crippen LogP contribution in [0.3, 0.4) is 0 Å². The van der Waals surface area contributed by atoms with Crippen LogP contribution in [0.4, 0.5) is 0 Å². The average Bonchev–Trinajstić information content (AvgIpc) is 3.26. The zero-order chi connectivity index (χ0) is 18.8. The summed E-state index contributed by atoms with van der Waals surface area (Å²) in [6.45, 7) is 1.17. The molecular weight excluding hydrogens is 346 g/mol. The second-order valence-electron chi connectivity index (χ2n) is 6.22. The van der Waals surface area contributed by atoms with E-state index < -0.39 is 0 Å². The van der Waals surface area contributed by atoms with Crippen LogP contribution in [-0.2, 0) is 13.0 Å². The highest BCUT2D eigenvalue weighted by molar-refractivity contribution is 5.94. The first kappa shape index (κ1) is 17.0. The van der Waals surface area contributed by atoms with Gasteiger partial charge in [0.1, 0.15) is 18.5 Å². The maximum Gasteiger partial charge on any atom is 0.254 e. The van der Waals surface area contributed by atoms with Crippen LogP contribution in [-0.4, -0.2) is 51.3 Å². The van der Waals surface area contributed by atoms with E-state index in [1.165, 1.54) is 5.56 Å². The van der Waals surface area contributed by atoms with Gasteiger partial charge in [-0.15, -0.1) is 10.2 Å². The number of hydrogen-bond donors (Lipinski definition) is 0. The third-order valence-corrected chi connectivity index (χ3v) is 4.68. The Balaban J connectivity index is 1.59. The van der Waals surface area contributed by atoms with Crippen molar-refractivity contribution in [3.8, 4) is 17.3 Å². The van der Waals surface area contributed by atoms with Crippen LogP contribution in [0.1, 0.15) is 21.5 Å². The van der Waals surface area contributed by atoms with Gasteiger partial charge in [0.2, 0.25) is 0 Å². The van der Waals surface area contributed by atoms with E-state index in [-0.39, 0.29) is 5.91 Å². The molecule has 0 N–H and O–H groups in total. The second-order valence-corrected chi connectivity index (χ2v) is 6.22. The van der Waals surface area contributed by atoms with Crippen molar-refractivity contribution in [2.45, 2.75) is 13.0 Å². The van der Waals surface area contributed by atoms with Crippen molar-refractivity contribution in [3.63, 3.8) is 0 Å². The number of aromatic nitrogens is 4. The minimum atomic E-state index is -0.0350. The highest BCUT2D eigenvalue weighted by Gasteiger charge is 2.24. The minimum absolute atomic E-state index is 0.0350. The zero-order valence-electron chi connectivity index (χ0n) is 15.1. The zero-order valence-corrected chi connectivity index (χ0v) is 15.1. The summed E-state index contributed by atoms with van der Waals surface area (Å²) in [4.78, 5) is 19.1.